The standard InChI is InChI=1S/C6H15NS/c1-3-5-6(7,8)4-2/h8H,3-5,7H2,1-2H3. The Morgan fingerprint density at radius 1 is 1.50 bits per heavy atom. The first-order valence-electron chi connectivity index (χ1n) is 3.13. The van der Waals surface area contributed by atoms with Crippen LogP contribution in [0, 0.1) is 0 Å². The van der Waals surface area contributed by atoms with E-state index in [2.05, 4.69) is 26.5 Å². The Kier molecular flexibility index (Phi) is 3.49. The molecule has 0 aliphatic carbocycles. The molecule has 0 saturated carbocycles. The zero-order chi connectivity index (χ0) is 6.62. The van der Waals surface area contributed by atoms with E-state index >= 15 is 0 Å². The highest BCUT2D eigenvalue weighted by molar-refractivity contribution is 7.81. The van der Waals surface area contributed by atoms with E-state index in [1.54, 1.807) is 0 Å². The molecular formula is C6H15NS. The van der Waals surface area contributed by atoms with Crippen LogP contribution >= 0.6 is 12.6 Å². The first-order chi connectivity index (χ1) is 3.62. The van der Waals surface area contributed by atoms with Gasteiger partial charge >= 0.3 is 0 Å². The second-order valence-corrected chi connectivity index (χ2v) is 3.10. The predicted molar refractivity (Wildman–Crippen MR) is 41.1 cm³/mol. The van der Waals surface area contributed by atoms with E-state index in [1.807, 2.05) is 0 Å². The number of hydrogen-bond acceptors (Lipinski definition) is 2. The van der Waals surface area contributed by atoms with Gasteiger partial charge in [0.05, 0.1) is 4.87 Å². The van der Waals surface area contributed by atoms with Gasteiger partial charge in [-0.2, -0.15) is 12.6 Å². The van der Waals surface area contributed by atoms with Crippen molar-refractivity contribution in [2.45, 2.75) is 38.0 Å². The number of hydrogen-bond donors (Lipinski definition) is 2. The van der Waals surface area contributed by atoms with Gasteiger partial charge in [-0.25, -0.2) is 0 Å². The molecule has 0 fully saturated rings. The van der Waals surface area contributed by atoms with Crippen LogP contribution in [0.5, 0.6) is 0 Å². The summed E-state index contributed by atoms with van der Waals surface area (Å²) < 4.78 is 0. The zero-order valence-electron chi connectivity index (χ0n) is 5.65. The van der Waals surface area contributed by atoms with Crippen LogP contribution in [0.25, 0.3) is 0 Å². The van der Waals surface area contributed by atoms with Crippen molar-refractivity contribution < 1.29 is 0 Å². The maximum Gasteiger partial charge on any atom is 0.0587 e. The summed E-state index contributed by atoms with van der Waals surface area (Å²) >= 11 is 4.24. The van der Waals surface area contributed by atoms with Gasteiger partial charge in [-0.15, -0.1) is 0 Å². The summed E-state index contributed by atoms with van der Waals surface area (Å²) in [6, 6.07) is 0. The summed E-state index contributed by atoms with van der Waals surface area (Å²) in [4.78, 5) is -0.214. The van der Waals surface area contributed by atoms with Crippen LogP contribution in [0.1, 0.15) is 33.1 Å². The molecule has 1 atom stereocenters. The van der Waals surface area contributed by atoms with E-state index in [1.165, 1.54) is 0 Å². The lowest BCUT2D eigenvalue weighted by molar-refractivity contribution is 0.540. The molecule has 0 aromatic heterocycles. The molecule has 1 unspecified atom stereocenters. The van der Waals surface area contributed by atoms with Crippen LogP contribution < -0.4 is 5.73 Å². The van der Waals surface area contributed by atoms with Crippen molar-refractivity contribution in [3.05, 3.63) is 0 Å². The SMILES string of the molecule is CCCC(N)(S)CC. The third-order valence-electron chi connectivity index (χ3n) is 1.30. The van der Waals surface area contributed by atoms with E-state index in [0.29, 0.717) is 0 Å². The molecule has 0 amide bonds. The van der Waals surface area contributed by atoms with E-state index in [4.69, 9.17) is 5.73 Å². The van der Waals surface area contributed by atoms with E-state index in [9.17, 15) is 0 Å². The van der Waals surface area contributed by atoms with Crippen LogP contribution in [-0.2, 0) is 0 Å². The monoisotopic (exact) mass is 133 g/mol. The molecule has 0 aliphatic rings. The first-order valence-corrected chi connectivity index (χ1v) is 3.58. The first kappa shape index (κ1) is 8.31. The lowest BCUT2D eigenvalue weighted by atomic mass is 10.1. The molecule has 1 nitrogen and oxygen atoms in total. The Balaban J connectivity index is 3.37. The molecule has 2 heteroatoms. The predicted octanol–water partition coefficient (Wildman–Crippen LogP) is 1.78. The third-order valence-corrected chi connectivity index (χ3v) is 1.83. The van der Waals surface area contributed by atoms with Crippen LogP contribution in [-0.4, -0.2) is 4.87 Å². The Morgan fingerprint density at radius 3 is 2.12 bits per heavy atom. The molecular weight excluding hydrogens is 118 g/mol. The fraction of sp³-hybridized carbons (Fsp3) is 1.00. The van der Waals surface area contributed by atoms with Crippen molar-refractivity contribution in [2.24, 2.45) is 5.73 Å². The molecule has 0 spiro atoms. The number of rotatable bonds is 3. The van der Waals surface area contributed by atoms with Gasteiger partial charge in [-0.1, -0.05) is 20.3 Å². The topological polar surface area (TPSA) is 26.0 Å². The van der Waals surface area contributed by atoms with Crippen molar-refractivity contribution in [1.29, 1.82) is 0 Å². The van der Waals surface area contributed by atoms with Crippen molar-refractivity contribution >= 4 is 12.6 Å². The average molecular weight is 133 g/mol. The van der Waals surface area contributed by atoms with E-state index < -0.39 is 0 Å². The fourth-order valence-electron chi connectivity index (χ4n) is 0.610. The quantitative estimate of drug-likeness (QED) is 0.445. The van der Waals surface area contributed by atoms with Crippen molar-refractivity contribution in [1.82, 2.24) is 0 Å². The van der Waals surface area contributed by atoms with Gasteiger partial charge in [0, 0.05) is 0 Å². The van der Waals surface area contributed by atoms with Crippen LogP contribution in [0.2, 0.25) is 0 Å². The Labute approximate surface area is 57.1 Å². The number of thiol groups is 1. The van der Waals surface area contributed by atoms with Crippen LogP contribution in [0.4, 0.5) is 0 Å². The third kappa shape index (κ3) is 3.33. The van der Waals surface area contributed by atoms with Gasteiger partial charge in [0.1, 0.15) is 0 Å². The second-order valence-electron chi connectivity index (χ2n) is 2.21. The summed E-state index contributed by atoms with van der Waals surface area (Å²) in [7, 11) is 0. The lowest BCUT2D eigenvalue weighted by Gasteiger charge is -2.19. The van der Waals surface area contributed by atoms with Gasteiger partial charge in [0.15, 0.2) is 0 Å². The normalized spacial score (nSPS) is 18.0. The largest absolute Gasteiger partial charge is 0.317 e. The van der Waals surface area contributed by atoms with Gasteiger partial charge < -0.3 is 5.73 Å². The molecule has 0 rings (SSSR count). The molecule has 8 heavy (non-hydrogen) atoms. The van der Waals surface area contributed by atoms with Gasteiger partial charge in [0.25, 0.3) is 0 Å². The molecule has 0 aromatic carbocycles. The van der Waals surface area contributed by atoms with Crippen molar-refractivity contribution in [3.63, 3.8) is 0 Å². The summed E-state index contributed by atoms with van der Waals surface area (Å²) in [6.45, 7) is 4.18. The lowest BCUT2D eigenvalue weighted by Crippen LogP contribution is -2.31. The second kappa shape index (κ2) is 3.36. The van der Waals surface area contributed by atoms with Gasteiger partial charge in [0.2, 0.25) is 0 Å². The van der Waals surface area contributed by atoms with Crippen LogP contribution in [0.15, 0.2) is 0 Å². The highest BCUT2D eigenvalue weighted by Crippen LogP contribution is 2.17. The Hall–Kier alpha value is 0.310. The smallest absolute Gasteiger partial charge is 0.0587 e. The molecule has 0 saturated heterocycles. The maximum absolute atomic E-state index is 5.69. The molecule has 0 heterocycles. The Morgan fingerprint density at radius 2 is 2.00 bits per heavy atom. The van der Waals surface area contributed by atoms with Crippen LogP contribution in [0.3, 0.4) is 0 Å². The summed E-state index contributed by atoms with van der Waals surface area (Å²) in [6.07, 6.45) is 3.07. The molecule has 0 radical (unpaired) electrons. The van der Waals surface area contributed by atoms with Gasteiger partial charge in [-0.05, 0) is 12.8 Å². The summed E-state index contributed by atoms with van der Waals surface area (Å²) in [5.74, 6) is 0. The summed E-state index contributed by atoms with van der Waals surface area (Å²) in [5.41, 5.74) is 5.69. The molecule has 2 N–H and O–H groups in total. The molecule has 0 aromatic rings. The fourth-order valence-corrected chi connectivity index (χ4v) is 0.833. The average Bonchev–Trinajstić information content (AvgIpc) is 1.67. The van der Waals surface area contributed by atoms with E-state index in [0.717, 1.165) is 19.3 Å². The Bertz CT molecular complexity index is 61.5. The highest BCUT2D eigenvalue weighted by Gasteiger charge is 2.13. The molecule has 50 valence electrons. The zero-order valence-corrected chi connectivity index (χ0v) is 6.54. The van der Waals surface area contributed by atoms with E-state index in [-0.39, 0.29) is 4.87 Å². The number of nitrogens with two attached hydrogens (primary N) is 1. The molecule has 0 bridgehead atoms. The summed E-state index contributed by atoms with van der Waals surface area (Å²) in [5, 5.41) is 0. The van der Waals surface area contributed by atoms with Gasteiger partial charge in [-0.3, -0.25) is 0 Å². The molecule has 0 aliphatic heterocycles. The highest BCUT2D eigenvalue weighted by atomic mass is 32.1. The minimum Gasteiger partial charge on any atom is -0.317 e. The minimum absolute atomic E-state index is 0.214. The van der Waals surface area contributed by atoms with Crippen molar-refractivity contribution in [3.8, 4) is 0 Å². The minimum atomic E-state index is -0.214. The maximum atomic E-state index is 5.69. The van der Waals surface area contributed by atoms with Crippen molar-refractivity contribution in [2.75, 3.05) is 0 Å².